The number of nitriles is 1. The fourth-order valence-corrected chi connectivity index (χ4v) is 1.47. The Morgan fingerprint density at radius 2 is 1.95 bits per heavy atom. The number of carbonyl (C=O) groups is 1. The quantitative estimate of drug-likeness (QED) is 0.616. The van der Waals surface area contributed by atoms with Gasteiger partial charge in [0.05, 0.1) is 23.8 Å². The summed E-state index contributed by atoms with van der Waals surface area (Å²) in [5.41, 5.74) is -4.66. The molecule has 0 aliphatic rings. The molecule has 0 N–H and O–H groups in total. The Hall–Kier alpha value is -2.17. The maximum atomic E-state index is 12.7. The lowest BCUT2D eigenvalue weighted by Crippen LogP contribution is -2.17. The molecule has 0 saturated heterocycles. The SMILES string of the molecule is COC(=O)c1c(C(F)(F)F)ccc(C(F)F)c1C#N. The fourth-order valence-electron chi connectivity index (χ4n) is 1.47. The van der Waals surface area contributed by atoms with Crippen molar-refractivity contribution >= 4 is 5.97 Å². The summed E-state index contributed by atoms with van der Waals surface area (Å²) >= 11 is 0. The molecule has 102 valence electrons. The van der Waals surface area contributed by atoms with Gasteiger partial charge in [-0.15, -0.1) is 0 Å². The predicted octanol–water partition coefficient (Wildman–Crippen LogP) is 3.30. The number of benzene rings is 1. The van der Waals surface area contributed by atoms with Crippen molar-refractivity contribution in [1.82, 2.24) is 0 Å². The first kappa shape index (κ1) is 14.9. The van der Waals surface area contributed by atoms with Gasteiger partial charge in [0.1, 0.15) is 6.07 Å². The molecule has 0 bridgehead atoms. The van der Waals surface area contributed by atoms with Crippen LogP contribution in [0.25, 0.3) is 0 Å². The minimum absolute atomic E-state index is 0.328. The number of alkyl halides is 5. The molecule has 1 aromatic rings. The van der Waals surface area contributed by atoms with Gasteiger partial charge in [0.25, 0.3) is 6.43 Å². The first-order valence-corrected chi connectivity index (χ1v) is 4.74. The van der Waals surface area contributed by atoms with Gasteiger partial charge in [0, 0.05) is 5.56 Å². The van der Waals surface area contributed by atoms with Crippen LogP contribution < -0.4 is 0 Å². The normalized spacial score (nSPS) is 11.3. The topological polar surface area (TPSA) is 50.1 Å². The van der Waals surface area contributed by atoms with Crippen LogP contribution in [0.5, 0.6) is 0 Å². The van der Waals surface area contributed by atoms with E-state index in [1.54, 1.807) is 0 Å². The van der Waals surface area contributed by atoms with E-state index in [1.165, 1.54) is 6.07 Å². The summed E-state index contributed by atoms with van der Waals surface area (Å²) in [7, 11) is 0.790. The number of esters is 1. The van der Waals surface area contributed by atoms with E-state index in [0.29, 0.717) is 12.1 Å². The molecule has 0 amide bonds. The van der Waals surface area contributed by atoms with Crippen LogP contribution in [0.15, 0.2) is 12.1 Å². The average Bonchev–Trinajstić information content (AvgIpc) is 2.34. The largest absolute Gasteiger partial charge is 0.465 e. The van der Waals surface area contributed by atoms with Crippen molar-refractivity contribution in [3.63, 3.8) is 0 Å². The second-order valence-corrected chi connectivity index (χ2v) is 3.35. The second-order valence-electron chi connectivity index (χ2n) is 3.35. The zero-order chi connectivity index (χ0) is 14.8. The van der Waals surface area contributed by atoms with Gasteiger partial charge in [-0.1, -0.05) is 6.07 Å². The smallest absolute Gasteiger partial charge is 0.417 e. The summed E-state index contributed by atoms with van der Waals surface area (Å²) < 4.78 is 67.4. The standard InChI is InChI=1S/C11H6F5NO2/c1-19-10(18)8-6(4-17)5(9(12)13)2-3-7(8)11(14,15)16/h2-3,9H,1H3. The molecule has 3 nitrogen and oxygen atoms in total. The van der Waals surface area contributed by atoms with Gasteiger partial charge in [-0.2, -0.15) is 18.4 Å². The van der Waals surface area contributed by atoms with Crippen molar-refractivity contribution in [3.05, 3.63) is 34.4 Å². The molecule has 0 atom stereocenters. The van der Waals surface area contributed by atoms with Crippen molar-refractivity contribution in [1.29, 1.82) is 5.26 Å². The number of methoxy groups -OCH3 is 1. The number of hydrogen-bond acceptors (Lipinski definition) is 3. The first-order chi connectivity index (χ1) is 8.73. The van der Waals surface area contributed by atoms with Crippen LogP contribution in [0.1, 0.15) is 33.5 Å². The average molecular weight is 279 g/mol. The Bertz CT molecular complexity index is 545. The third-order valence-corrected chi connectivity index (χ3v) is 2.28. The van der Waals surface area contributed by atoms with Gasteiger partial charge in [-0.3, -0.25) is 0 Å². The lowest BCUT2D eigenvalue weighted by molar-refractivity contribution is -0.138. The summed E-state index contributed by atoms with van der Waals surface area (Å²) in [6.45, 7) is 0. The van der Waals surface area contributed by atoms with E-state index >= 15 is 0 Å². The molecule has 0 aliphatic heterocycles. The lowest BCUT2D eigenvalue weighted by Gasteiger charge is -2.14. The highest BCUT2D eigenvalue weighted by atomic mass is 19.4. The zero-order valence-corrected chi connectivity index (χ0v) is 9.39. The molecule has 0 saturated carbocycles. The molecule has 0 aromatic heterocycles. The molecule has 0 spiro atoms. The zero-order valence-electron chi connectivity index (χ0n) is 9.39. The Labute approximate surface area is 104 Å². The summed E-state index contributed by atoms with van der Waals surface area (Å²) in [6.07, 6.45) is -8.14. The molecular formula is C11H6F5NO2. The fraction of sp³-hybridized carbons (Fsp3) is 0.273. The highest BCUT2D eigenvalue weighted by molar-refractivity contribution is 5.94. The molecular weight excluding hydrogens is 273 g/mol. The van der Waals surface area contributed by atoms with Crippen LogP contribution in [-0.2, 0) is 10.9 Å². The maximum Gasteiger partial charge on any atom is 0.417 e. The van der Waals surface area contributed by atoms with E-state index in [0.717, 1.165) is 7.11 Å². The molecule has 8 heteroatoms. The van der Waals surface area contributed by atoms with Crippen molar-refractivity contribution < 1.29 is 31.5 Å². The van der Waals surface area contributed by atoms with E-state index < -0.39 is 40.8 Å². The third-order valence-electron chi connectivity index (χ3n) is 2.28. The minimum Gasteiger partial charge on any atom is -0.465 e. The molecule has 1 aromatic carbocycles. The number of halogens is 5. The van der Waals surface area contributed by atoms with Gasteiger partial charge >= 0.3 is 12.1 Å². The van der Waals surface area contributed by atoms with Crippen molar-refractivity contribution in [2.24, 2.45) is 0 Å². The van der Waals surface area contributed by atoms with Crippen molar-refractivity contribution in [2.75, 3.05) is 7.11 Å². The van der Waals surface area contributed by atoms with Gasteiger partial charge in [-0.25, -0.2) is 13.6 Å². The van der Waals surface area contributed by atoms with Crippen molar-refractivity contribution in [3.8, 4) is 6.07 Å². The summed E-state index contributed by atoms with van der Waals surface area (Å²) in [5.74, 6) is -1.49. The van der Waals surface area contributed by atoms with E-state index in [1.807, 2.05) is 0 Å². The van der Waals surface area contributed by atoms with Gasteiger partial charge in [0.15, 0.2) is 0 Å². The van der Waals surface area contributed by atoms with E-state index in [2.05, 4.69) is 4.74 Å². The van der Waals surface area contributed by atoms with Crippen LogP contribution in [0.3, 0.4) is 0 Å². The highest BCUT2D eigenvalue weighted by Gasteiger charge is 2.38. The number of rotatable bonds is 2. The highest BCUT2D eigenvalue weighted by Crippen LogP contribution is 2.36. The Morgan fingerprint density at radius 3 is 2.32 bits per heavy atom. The molecule has 0 fully saturated rings. The van der Waals surface area contributed by atoms with Crippen molar-refractivity contribution in [2.45, 2.75) is 12.6 Å². The van der Waals surface area contributed by atoms with Gasteiger partial charge in [0.2, 0.25) is 0 Å². The molecule has 0 radical (unpaired) electrons. The predicted molar refractivity (Wildman–Crippen MR) is 52.5 cm³/mol. The number of ether oxygens (including phenoxy) is 1. The molecule has 19 heavy (non-hydrogen) atoms. The number of hydrogen-bond donors (Lipinski definition) is 0. The van der Waals surface area contributed by atoms with Crippen LogP contribution in [-0.4, -0.2) is 13.1 Å². The molecule has 0 heterocycles. The summed E-state index contributed by atoms with van der Waals surface area (Å²) in [6, 6.07) is 1.99. The monoisotopic (exact) mass is 279 g/mol. The van der Waals surface area contributed by atoms with Gasteiger partial charge in [-0.05, 0) is 6.07 Å². The van der Waals surface area contributed by atoms with E-state index in [4.69, 9.17) is 5.26 Å². The van der Waals surface area contributed by atoms with Gasteiger partial charge < -0.3 is 4.74 Å². The van der Waals surface area contributed by atoms with E-state index in [-0.39, 0.29) is 0 Å². The van der Waals surface area contributed by atoms with Crippen LogP contribution in [0, 0.1) is 11.3 Å². The Balaban J connectivity index is 3.72. The van der Waals surface area contributed by atoms with Crippen LogP contribution in [0.4, 0.5) is 22.0 Å². The molecule has 0 aliphatic carbocycles. The van der Waals surface area contributed by atoms with Crippen LogP contribution in [0.2, 0.25) is 0 Å². The number of carbonyl (C=O) groups excluding carboxylic acids is 1. The summed E-state index contributed by atoms with van der Waals surface area (Å²) in [5, 5.41) is 8.72. The van der Waals surface area contributed by atoms with E-state index in [9.17, 15) is 26.7 Å². The Morgan fingerprint density at radius 1 is 1.37 bits per heavy atom. The number of nitrogens with zero attached hydrogens (tertiary/aromatic N) is 1. The van der Waals surface area contributed by atoms with Crippen LogP contribution >= 0.6 is 0 Å². The maximum absolute atomic E-state index is 12.7. The molecule has 0 unspecified atom stereocenters. The summed E-state index contributed by atoms with van der Waals surface area (Å²) in [4.78, 5) is 11.3. The lowest BCUT2D eigenvalue weighted by atomic mass is 9.96. The third kappa shape index (κ3) is 2.81. The molecule has 1 rings (SSSR count). The Kier molecular flexibility index (Phi) is 4.09. The minimum atomic E-state index is -4.96. The first-order valence-electron chi connectivity index (χ1n) is 4.74. The second kappa shape index (κ2) is 5.22.